The van der Waals surface area contributed by atoms with Gasteiger partial charge in [0, 0.05) is 6.20 Å². The van der Waals surface area contributed by atoms with Crippen LogP contribution < -0.4 is 11.3 Å². The Morgan fingerprint density at radius 1 is 1.17 bits per heavy atom. The van der Waals surface area contributed by atoms with E-state index in [1.54, 1.807) is 12.1 Å². The van der Waals surface area contributed by atoms with E-state index in [9.17, 15) is 4.79 Å². The summed E-state index contributed by atoms with van der Waals surface area (Å²) in [5.74, 6) is 0.109. The van der Waals surface area contributed by atoms with Crippen molar-refractivity contribution < 1.29 is 0 Å². The first-order valence-electron chi connectivity index (χ1n) is 5.31. The minimum atomic E-state index is -0.274. The second kappa shape index (κ2) is 3.92. The van der Waals surface area contributed by atoms with Crippen LogP contribution in [0.1, 0.15) is 0 Å². The Morgan fingerprint density at radius 3 is 2.72 bits per heavy atom. The van der Waals surface area contributed by atoms with Crippen LogP contribution in [0.2, 0.25) is 0 Å². The van der Waals surface area contributed by atoms with E-state index in [0.717, 1.165) is 0 Å². The van der Waals surface area contributed by atoms with Gasteiger partial charge in [0.25, 0.3) is 5.56 Å². The molecule has 0 spiro atoms. The normalized spacial score (nSPS) is 10.7. The molecule has 2 aromatic heterocycles. The smallest absolute Gasteiger partial charge is 0.270 e. The van der Waals surface area contributed by atoms with Gasteiger partial charge < -0.3 is 5.73 Å². The van der Waals surface area contributed by atoms with Gasteiger partial charge in [-0.3, -0.25) is 4.79 Å². The maximum absolute atomic E-state index is 12.3. The second-order valence-electron chi connectivity index (χ2n) is 3.71. The topological polar surface area (TPSA) is 86.7 Å². The summed E-state index contributed by atoms with van der Waals surface area (Å²) < 4.78 is 1.34. The van der Waals surface area contributed by atoms with Crippen molar-refractivity contribution in [1.82, 2.24) is 19.5 Å². The van der Waals surface area contributed by atoms with Crippen molar-refractivity contribution in [3.05, 3.63) is 53.2 Å². The Kier molecular flexibility index (Phi) is 2.26. The van der Waals surface area contributed by atoms with E-state index < -0.39 is 0 Å². The van der Waals surface area contributed by atoms with Crippen LogP contribution in [0.4, 0.5) is 5.95 Å². The fraction of sp³-hybridized carbons (Fsp3) is 0. The summed E-state index contributed by atoms with van der Waals surface area (Å²) in [6.07, 6.45) is 2.78. The van der Waals surface area contributed by atoms with Crippen LogP contribution in [0.5, 0.6) is 0 Å². The van der Waals surface area contributed by atoms with Gasteiger partial charge in [0.05, 0.1) is 5.69 Å². The number of aromatic nitrogens is 4. The molecule has 6 heteroatoms. The Balaban J connectivity index is 2.41. The number of hydrogen-bond acceptors (Lipinski definition) is 5. The average Bonchev–Trinajstić information content (AvgIpc) is 2.40. The molecule has 0 fully saturated rings. The Labute approximate surface area is 102 Å². The lowest BCUT2D eigenvalue weighted by Gasteiger charge is -2.09. The van der Waals surface area contributed by atoms with E-state index >= 15 is 0 Å². The van der Waals surface area contributed by atoms with Crippen molar-refractivity contribution in [2.75, 3.05) is 5.73 Å². The number of rotatable bonds is 1. The molecule has 0 aliphatic carbocycles. The fourth-order valence-electron chi connectivity index (χ4n) is 1.77. The molecule has 6 nitrogen and oxygen atoms in total. The Bertz CT molecular complexity index is 766. The summed E-state index contributed by atoms with van der Waals surface area (Å²) in [5.41, 5.74) is 6.51. The van der Waals surface area contributed by atoms with Crippen molar-refractivity contribution in [1.29, 1.82) is 0 Å². The predicted octanol–water partition coefficient (Wildman–Crippen LogP) is 0.758. The van der Waals surface area contributed by atoms with Gasteiger partial charge in [-0.25, -0.2) is 14.5 Å². The zero-order valence-corrected chi connectivity index (χ0v) is 9.32. The molecule has 0 bridgehead atoms. The molecule has 0 aliphatic rings. The minimum absolute atomic E-state index is 0.109. The average molecular weight is 239 g/mol. The molecule has 0 saturated heterocycles. The fourth-order valence-corrected chi connectivity index (χ4v) is 1.77. The van der Waals surface area contributed by atoms with Gasteiger partial charge in [0.1, 0.15) is 11.7 Å². The highest BCUT2D eigenvalue weighted by Crippen LogP contribution is 2.11. The van der Waals surface area contributed by atoms with Gasteiger partial charge in [-0.1, -0.05) is 18.2 Å². The first kappa shape index (κ1) is 10.4. The number of benzene rings is 1. The molecule has 0 saturated carbocycles. The van der Waals surface area contributed by atoms with Gasteiger partial charge in [-0.05, 0) is 12.1 Å². The molecular formula is C12H9N5O. The molecule has 2 N–H and O–H groups in total. The van der Waals surface area contributed by atoms with E-state index in [1.165, 1.54) is 17.1 Å². The van der Waals surface area contributed by atoms with E-state index in [1.807, 2.05) is 18.2 Å². The van der Waals surface area contributed by atoms with E-state index in [0.29, 0.717) is 16.7 Å². The molecule has 88 valence electrons. The van der Waals surface area contributed by atoms with Crippen LogP contribution in [-0.4, -0.2) is 19.5 Å². The monoisotopic (exact) mass is 239 g/mol. The van der Waals surface area contributed by atoms with Crippen molar-refractivity contribution in [2.24, 2.45) is 0 Å². The van der Waals surface area contributed by atoms with Crippen molar-refractivity contribution in [3.63, 3.8) is 0 Å². The quantitative estimate of drug-likeness (QED) is 0.677. The number of anilines is 1. The van der Waals surface area contributed by atoms with E-state index in [4.69, 9.17) is 5.73 Å². The number of para-hydroxylation sites is 1. The third kappa shape index (κ3) is 1.51. The molecular weight excluding hydrogens is 230 g/mol. The molecule has 0 atom stereocenters. The largest absolute Gasteiger partial charge is 0.369 e. The molecule has 3 aromatic rings. The number of hydrogen-bond donors (Lipinski definition) is 1. The lowest BCUT2D eigenvalue weighted by molar-refractivity contribution is 0.970. The van der Waals surface area contributed by atoms with Gasteiger partial charge in [-0.2, -0.15) is 4.98 Å². The first-order chi connectivity index (χ1) is 8.77. The highest BCUT2D eigenvalue weighted by atomic mass is 16.1. The second-order valence-corrected chi connectivity index (χ2v) is 3.71. The molecule has 0 amide bonds. The molecule has 2 heterocycles. The van der Waals surface area contributed by atoms with E-state index in [2.05, 4.69) is 15.0 Å². The minimum Gasteiger partial charge on any atom is -0.369 e. The lowest BCUT2D eigenvalue weighted by atomic mass is 10.3. The molecule has 1 aromatic carbocycles. The first-order valence-corrected chi connectivity index (χ1v) is 5.31. The van der Waals surface area contributed by atoms with Crippen LogP contribution in [0.25, 0.3) is 16.7 Å². The summed E-state index contributed by atoms with van der Waals surface area (Å²) in [5, 5.41) is 0.343. The van der Waals surface area contributed by atoms with Crippen LogP contribution in [0, 0.1) is 0 Å². The van der Waals surface area contributed by atoms with Gasteiger partial charge >= 0.3 is 0 Å². The van der Waals surface area contributed by atoms with Crippen LogP contribution in [0.3, 0.4) is 0 Å². The van der Waals surface area contributed by atoms with Crippen molar-refractivity contribution in [2.45, 2.75) is 0 Å². The van der Waals surface area contributed by atoms with Gasteiger partial charge in [0.2, 0.25) is 5.95 Å². The Morgan fingerprint density at radius 2 is 1.94 bits per heavy atom. The summed E-state index contributed by atoms with van der Waals surface area (Å²) in [6, 6.07) is 9.09. The van der Waals surface area contributed by atoms with E-state index in [-0.39, 0.29) is 11.5 Å². The highest BCUT2D eigenvalue weighted by molar-refractivity contribution is 5.73. The maximum atomic E-state index is 12.3. The number of nitrogens with zero attached hydrogens (tertiary/aromatic N) is 4. The zero-order valence-electron chi connectivity index (χ0n) is 9.32. The zero-order chi connectivity index (χ0) is 12.5. The van der Waals surface area contributed by atoms with Crippen LogP contribution in [0.15, 0.2) is 47.7 Å². The summed E-state index contributed by atoms with van der Waals surface area (Å²) in [7, 11) is 0. The standard InChI is InChI=1S/C12H9N5O/c13-12-16-10-9(6-14-7-15-10)11(18)17(12)8-4-2-1-3-5-8/h1-7H,(H2,13,14,15,16). The van der Waals surface area contributed by atoms with Gasteiger partial charge in [0.15, 0.2) is 5.65 Å². The molecule has 3 rings (SSSR count). The summed E-state index contributed by atoms with van der Waals surface area (Å²) in [6.45, 7) is 0. The summed E-state index contributed by atoms with van der Waals surface area (Å²) in [4.78, 5) is 24.2. The summed E-state index contributed by atoms with van der Waals surface area (Å²) >= 11 is 0. The SMILES string of the molecule is Nc1nc2ncncc2c(=O)n1-c1ccccc1. The number of nitrogen functional groups attached to an aromatic ring is 1. The van der Waals surface area contributed by atoms with Crippen LogP contribution >= 0.6 is 0 Å². The molecule has 0 aliphatic heterocycles. The lowest BCUT2D eigenvalue weighted by Crippen LogP contribution is -2.23. The third-order valence-electron chi connectivity index (χ3n) is 2.59. The molecule has 0 unspecified atom stereocenters. The van der Waals surface area contributed by atoms with Crippen molar-refractivity contribution in [3.8, 4) is 5.69 Å². The van der Waals surface area contributed by atoms with Crippen LogP contribution in [-0.2, 0) is 0 Å². The number of fused-ring (bicyclic) bond motifs is 1. The molecule has 0 radical (unpaired) electrons. The maximum Gasteiger partial charge on any atom is 0.270 e. The molecule has 18 heavy (non-hydrogen) atoms. The third-order valence-corrected chi connectivity index (χ3v) is 2.59. The van der Waals surface area contributed by atoms with Crippen molar-refractivity contribution >= 4 is 17.0 Å². The number of nitrogens with two attached hydrogens (primary N) is 1. The Hall–Kier alpha value is -2.76. The highest BCUT2D eigenvalue weighted by Gasteiger charge is 2.10. The predicted molar refractivity (Wildman–Crippen MR) is 67.3 cm³/mol. The van der Waals surface area contributed by atoms with Gasteiger partial charge in [-0.15, -0.1) is 0 Å².